The predicted octanol–water partition coefficient (Wildman–Crippen LogP) is 1.19. The number of amides is 1. The third-order valence-electron chi connectivity index (χ3n) is 6.29. The molecular formula is C21H31N3O5. The Morgan fingerprint density at radius 3 is 2.72 bits per heavy atom. The molecule has 8 nitrogen and oxygen atoms in total. The van der Waals surface area contributed by atoms with Crippen LogP contribution in [0, 0.1) is 5.41 Å². The summed E-state index contributed by atoms with van der Waals surface area (Å²) in [6, 6.07) is 5.50. The first-order valence-electron chi connectivity index (χ1n) is 10.0. The fourth-order valence-corrected chi connectivity index (χ4v) is 4.81. The van der Waals surface area contributed by atoms with Gasteiger partial charge in [-0.3, -0.25) is 14.5 Å². The Kier molecular flexibility index (Phi) is 6.64. The second-order valence-corrected chi connectivity index (χ2v) is 7.99. The van der Waals surface area contributed by atoms with Crippen molar-refractivity contribution in [2.24, 2.45) is 5.41 Å². The molecule has 29 heavy (non-hydrogen) atoms. The van der Waals surface area contributed by atoms with Crippen molar-refractivity contribution >= 4 is 11.9 Å². The van der Waals surface area contributed by atoms with E-state index in [0.717, 1.165) is 31.4 Å². The molecule has 1 aromatic rings. The lowest BCUT2D eigenvalue weighted by Gasteiger charge is -2.53. The number of benzene rings is 1. The van der Waals surface area contributed by atoms with Crippen LogP contribution in [0.2, 0.25) is 0 Å². The molecule has 2 heterocycles. The van der Waals surface area contributed by atoms with Gasteiger partial charge in [-0.05, 0) is 45.5 Å². The summed E-state index contributed by atoms with van der Waals surface area (Å²) in [5.41, 5.74) is 0.283. The highest BCUT2D eigenvalue weighted by molar-refractivity contribution is 5.84. The third-order valence-corrected chi connectivity index (χ3v) is 6.29. The number of hydrogen-bond donors (Lipinski definition) is 2. The van der Waals surface area contributed by atoms with Crippen LogP contribution in [-0.2, 0) is 16.1 Å². The first-order valence-corrected chi connectivity index (χ1v) is 10.0. The average Bonchev–Trinajstić information content (AvgIpc) is 2.71. The molecule has 1 amide bonds. The zero-order valence-corrected chi connectivity index (χ0v) is 17.4. The normalized spacial score (nSPS) is 25.1. The second kappa shape index (κ2) is 9.00. The number of rotatable bonds is 7. The van der Waals surface area contributed by atoms with E-state index in [0.29, 0.717) is 31.1 Å². The molecule has 2 aliphatic rings. The number of carbonyl (C=O) groups is 2. The fourth-order valence-electron chi connectivity index (χ4n) is 4.81. The molecule has 0 saturated carbocycles. The van der Waals surface area contributed by atoms with Gasteiger partial charge >= 0.3 is 5.97 Å². The molecule has 2 atom stereocenters. The van der Waals surface area contributed by atoms with Crippen LogP contribution in [0.5, 0.6) is 11.5 Å². The minimum absolute atomic E-state index is 0.00411. The van der Waals surface area contributed by atoms with E-state index in [-0.39, 0.29) is 18.5 Å². The molecule has 0 aliphatic carbocycles. The lowest BCUT2D eigenvalue weighted by Crippen LogP contribution is -2.65. The van der Waals surface area contributed by atoms with Crippen LogP contribution in [0.4, 0.5) is 0 Å². The van der Waals surface area contributed by atoms with E-state index in [1.54, 1.807) is 14.2 Å². The maximum Gasteiger partial charge on any atom is 0.317 e. The molecule has 0 aromatic heterocycles. The molecule has 0 spiro atoms. The van der Waals surface area contributed by atoms with Crippen molar-refractivity contribution in [1.82, 2.24) is 15.1 Å². The van der Waals surface area contributed by atoms with Crippen LogP contribution in [0.1, 0.15) is 24.8 Å². The van der Waals surface area contributed by atoms with Crippen LogP contribution < -0.4 is 14.8 Å². The van der Waals surface area contributed by atoms with E-state index in [1.165, 1.54) is 0 Å². The van der Waals surface area contributed by atoms with Crippen molar-refractivity contribution in [2.75, 3.05) is 47.4 Å². The first kappa shape index (κ1) is 21.4. The van der Waals surface area contributed by atoms with Crippen LogP contribution in [0.25, 0.3) is 0 Å². The number of piperidine rings is 2. The standard InChI is InChI=1S/C21H31N3O5/c1-23-11-9-21(8-5-10-24(14-18(25)26)17(21)13-23)20(27)22-12-15-6-4-7-16(28-2)19(15)29-3/h4,6-7,17H,5,8-14H2,1-3H3,(H,22,27)(H,25,26)/t17-,21+/m0/s1. The Hall–Kier alpha value is -2.32. The third kappa shape index (κ3) is 4.33. The number of hydrogen-bond acceptors (Lipinski definition) is 6. The number of ether oxygens (including phenoxy) is 2. The number of fused-ring (bicyclic) bond motifs is 1. The summed E-state index contributed by atoms with van der Waals surface area (Å²) in [6.45, 7) is 2.54. The van der Waals surface area contributed by atoms with E-state index in [9.17, 15) is 14.7 Å². The maximum absolute atomic E-state index is 13.4. The van der Waals surface area contributed by atoms with Gasteiger partial charge < -0.3 is 24.8 Å². The van der Waals surface area contributed by atoms with Crippen molar-refractivity contribution in [3.05, 3.63) is 23.8 Å². The fraction of sp³-hybridized carbons (Fsp3) is 0.619. The number of carboxylic acid groups (broad SMARTS) is 1. The monoisotopic (exact) mass is 405 g/mol. The highest BCUT2D eigenvalue weighted by atomic mass is 16.5. The predicted molar refractivity (Wildman–Crippen MR) is 108 cm³/mol. The Morgan fingerprint density at radius 2 is 2.03 bits per heavy atom. The lowest BCUT2D eigenvalue weighted by molar-refractivity contribution is -0.151. The molecule has 0 unspecified atom stereocenters. The number of aliphatic carboxylic acids is 1. The molecule has 2 fully saturated rings. The zero-order chi connectivity index (χ0) is 21.0. The van der Waals surface area contributed by atoms with Gasteiger partial charge in [-0.15, -0.1) is 0 Å². The first-order chi connectivity index (χ1) is 13.9. The van der Waals surface area contributed by atoms with Gasteiger partial charge in [0.05, 0.1) is 26.2 Å². The van der Waals surface area contributed by atoms with Gasteiger partial charge in [0.1, 0.15) is 0 Å². The average molecular weight is 405 g/mol. The van der Waals surface area contributed by atoms with Crippen molar-refractivity contribution in [1.29, 1.82) is 0 Å². The highest BCUT2D eigenvalue weighted by Crippen LogP contribution is 2.42. The molecule has 0 radical (unpaired) electrons. The van der Waals surface area contributed by atoms with E-state index in [2.05, 4.69) is 10.2 Å². The van der Waals surface area contributed by atoms with Crippen LogP contribution >= 0.6 is 0 Å². The number of carbonyl (C=O) groups excluding carboxylic acids is 1. The Morgan fingerprint density at radius 1 is 1.24 bits per heavy atom. The number of likely N-dealkylation sites (tertiary alicyclic amines) is 2. The molecule has 160 valence electrons. The quantitative estimate of drug-likeness (QED) is 0.704. The lowest BCUT2D eigenvalue weighted by atomic mass is 9.67. The van der Waals surface area contributed by atoms with Gasteiger partial charge in [0.15, 0.2) is 11.5 Å². The Bertz CT molecular complexity index is 756. The summed E-state index contributed by atoms with van der Waals surface area (Å²) < 4.78 is 10.8. The molecule has 1 aromatic carbocycles. The molecular weight excluding hydrogens is 374 g/mol. The van der Waals surface area contributed by atoms with Crippen LogP contribution in [0.15, 0.2) is 18.2 Å². The smallest absolute Gasteiger partial charge is 0.317 e. The van der Waals surface area contributed by atoms with E-state index >= 15 is 0 Å². The number of carboxylic acids is 1. The molecule has 0 bridgehead atoms. The van der Waals surface area contributed by atoms with Gasteiger partial charge in [-0.1, -0.05) is 12.1 Å². The minimum Gasteiger partial charge on any atom is -0.493 e. The Balaban J connectivity index is 1.80. The topological polar surface area (TPSA) is 91.3 Å². The maximum atomic E-state index is 13.4. The van der Waals surface area contributed by atoms with Gasteiger partial charge in [-0.25, -0.2) is 0 Å². The Labute approximate surface area is 171 Å². The largest absolute Gasteiger partial charge is 0.493 e. The van der Waals surface area contributed by atoms with Gasteiger partial charge in [0.2, 0.25) is 5.91 Å². The number of nitrogens with one attached hydrogen (secondary N) is 1. The van der Waals surface area contributed by atoms with Gasteiger partial charge in [-0.2, -0.15) is 0 Å². The second-order valence-electron chi connectivity index (χ2n) is 7.99. The summed E-state index contributed by atoms with van der Waals surface area (Å²) in [6.07, 6.45) is 2.33. The number of methoxy groups -OCH3 is 2. The number of nitrogens with zero attached hydrogens (tertiary/aromatic N) is 2. The SMILES string of the molecule is COc1cccc(CNC(=O)[C@@]23CCCN(CC(=O)O)[C@H]2CN(C)CC3)c1OC. The molecule has 3 rings (SSSR count). The van der Waals surface area contributed by atoms with E-state index in [4.69, 9.17) is 9.47 Å². The summed E-state index contributed by atoms with van der Waals surface area (Å²) in [5, 5.41) is 12.4. The van der Waals surface area contributed by atoms with Crippen molar-refractivity contribution in [3.8, 4) is 11.5 Å². The van der Waals surface area contributed by atoms with Crippen LogP contribution in [0.3, 0.4) is 0 Å². The minimum atomic E-state index is -0.851. The molecule has 2 aliphatic heterocycles. The summed E-state index contributed by atoms with van der Waals surface area (Å²) >= 11 is 0. The van der Waals surface area contributed by atoms with Gasteiger partial charge in [0, 0.05) is 24.7 Å². The molecule has 2 N–H and O–H groups in total. The van der Waals surface area contributed by atoms with Crippen molar-refractivity contribution in [2.45, 2.75) is 31.8 Å². The summed E-state index contributed by atoms with van der Waals surface area (Å²) in [4.78, 5) is 28.9. The van der Waals surface area contributed by atoms with Gasteiger partial charge in [0.25, 0.3) is 0 Å². The number of likely N-dealkylation sites (N-methyl/N-ethyl adjacent to an activating group) is 1. The van der Waals surface area contributed by atoms with Crippen molar-refractivity contribution in [3.63, 3.8) is 0 Å². The highest BCUT2D eigenvalue weighted by Gasteiger charge is 2.52. The van der Waals surface area contributed by atoms with Crippen LogP contribution in [-0.4, -0.2) is 80.3 Å². The molecule has 2 saturated heterocycles. The zero-order valence-electron chi connectivity index (χ0n) is 17.4. The summed E-state index contributed by atoms with van der Waals surface area (Å²) in [7, 11) is 5.19. The molecule has 8 heteroatoms. The van der Waals surface area contributed by atoms with Crippen molar-refractivity contribution < 1.29 is 24.2 Å². The van der Waals surface area contributed by atoms with E-state index in [1.807, 2.05) is 30.1 Å². The number of para-hydroxylation sites is 1. The van der Waals surface area contributed by atoms with E-state index < -0.39 is 11.4 Å². The summed E-state index contributed by atoms with van der Waals surface area (Å²) in [5.74, 6) is 0.384.